The van der Waals surface area contributed by atoms with E-state index in [1.807, 2.05) is 6.08 Å². The van der Waals surface area contributed by atoms with Crippen LogP contribution in [0.1, 0.15) is 6.42 Å². The van der Waals surface area contributed by atoms with Gasteiger partial charge in [0.2, 0.25) is 11.9 Å². The summed E-state index contributed by atoms with van der Waals surface area (Å²) in [6.45, 7) is 2.17. The van der Waals surface area contributed by atoms with Crippen LogP contribution in [0.25, 0.3) is 0 Å². The lowest BCUT2D eigenvalue weighted by atomic mass is 10.1. The summed E-state index contributed by atoms with van der Waals surface area (Å²) in [6.07, 6.45) is 4.36. The maximum absolute atomic E-state index is 12.0. The number of nitrogens with two attached hydrogens (primary N) is 1. The molecule has 1 aliphatic rings. The summed E-state index contributed by atoms with van der Waals surface area (Å²) >= 11 is 0. The number of hydrogen-bond acceptors (Lipinski definition) is 5. The Kier molecular flexibility index (Phi) is 3.93. The molecule has 1 aromatic rings. The first-order valence-electron chi connectivity index (χ1n) is 5.78. The van der Waals surface area contributed by atoms with E-state index in [1.54, 1.807) is 12.0 Å². The fourth-order valence-electron chi connectivity index (χ4n) is 1.88. The summed E-state index contributed by atoms with van der Waals surface area (Å²) in [4.78, 5) is 17.5. The molecule has 1 aliphatic heterocycles. The van der Waals surface area contributed by atoms with Crippen LogP contribution in [0, 0.1) is 0 Å². The molecular weight excluding hydrogens is 234 g/mol. The van der Waals surface area contributed by atoms with Crippen LogP contribution in [-0.2, 0) is 16.1 Å². The third kappa shape index (κ3) is 3.07. The van der Waals surface area contributed by atoms with Crippen molar-refractivity contribution in [2.75, 3.05) is 32.5 Å². The van der Waals surface area contributed by atoms with E-state index in [0.29, 0.717) is 13.2 Å². The molecule has 7 nitrogen and oxygen atoms in total. The largest absolute Gasteiger partial charge is 0.380 e. The SMILES string of the molecule is COCC1=CCN(C(=O)Cn2cnc(N)n2)CC1. The molecule has 1 aromatic heterocycles. The van der Waals surface area contributed by atoms with Gasteiger partial charge in [0.25, 0.3) is 0 Å². The molecule has 2 N–H and O–H groups in total. The number of methoxy groups -OCH3 is 1. The van der Waals surface area contributed by atoms with Gasteiger partial charge in [-0.25, -0.2) is 9.67 Å². The van der Waals surface area contributed by atoms with Crippen molar-refractivity contribution in [3.8, 4) is 0 Å². The Balaban J connectivity index is 1.88. The number of carbonyl (C=O) groups is 1. The molecule has 0 unspecified atom stereocenters. The zero-order chi connectivity index (χ0) is 13.0. The minimum Gasteiger partial charge on any atom is -0.380 e. The van der Waals surface area contributed by atoms with Crippen LogP contribution < -0.4 is 5.73 Å². The number of hydrogen-bond donors (Lipinski definition) is 1. The van der Waals surface area contributed by atoms with E-state index in [1.165, 1.54) is 16.6 Å². The van der Waals surface area contributed by atoms with Crippen molar-refractivity contribution in [3.05, 3.63) is 18.0 Å². The molecule has 0 saturated heterocycles. The van der Waals surface area contributed by atoms with Crippen molar-refractivity contribution in [2.24, 2.45) is 0 Å². The highest BCUT2D eigenvalue weighted by atomic mass is 16.5. The van der Waals surface area contributed by atoms with Crippen molar-refractivity contribution >= 4 is 11.9 Å². The maximum atomic E-state index is 12.0. The minimum atomic E-state index is 0.0209. The van der Waals surface area contributed by atoms with E-state index in [4.69, 9.17) is 10.5 Å². The van der Waals surface area contributed by atoms with E-state index < -0.39 is 0 Å². The average Bonchev–Trinajstić information content (AvgIpc) is 2.76. The van der Waals surface area contributed by atoms with Crippen molar-refractivity contribution in [1.29, 1.82) is 0 Å². The van der Waals surface area contributed by atoms with Gasteiger partial charge < -0.3 is 15.4 Å². The molecule has 0 aliphatic carbocycles. The molecule has 1 amide bonds. The van der Waals surface area contributed by atoms with Crippen LogP contribution in [0.5, 0.6) is 0 Å². The molecule has 0 aromatic carbocycles. The first-order chi connectivity index (χ1) is 8.69. The Morgan fingerprint density at radius 2 is 2.44 bits per heavy atom. The number of amides is 1. The van der Waals surface area contributed by atoms with Gasteiger partial charge in [-0.15, -0.1) is 5.10 Å². The summed E-state index contributed by atoms with van der Waals surface area (Å²) in [6, 6.07) is 0. The van der Waals surface area contributed by atoms with Crippen LogP contribution in [0.15, 0.2) is 18.0 Å². The maximum Gasteiger partial charge on any atom is 0.244 e. The summed E-state index contributed by atoms with van der Waals surface area (Å²) in [7, 11) is 1.67. The Bertz CT molecular complexity index is 454. The topological polar surface area (TPSA) is 86.3 Å². The Morgan fingerprint density at radius 1 is 1.61 bits per heavy atom. The number of nitrogens with zero attached hydrogens (tertiary/aromatic N) is 4. The van der Waals surface area contributed by atoms with E-state index in [-0.39, 0.29) is 18.4 Å². The fraction of sp³-hybridized carbons (Fsp3) is 0.545. The van der Waals surface area contributed by atoms with Gasteiger partial charge in [0.05, 0.1) is 6.61 Å². The predicted molar refractivity (Wildman–Crippen MR) is 65.6 cm³/mol. The van der Waals surface area contributed by atoms with Crippen LogP contribution in [-0.4, -0.2) is 52.4 Å². The fourth-order valence-corrected chi connectivity index (χ4v) is 1.88. The summed E-state index contributed by atoms with van der Waals surface area (Å²) in [5, 5.41) is 3.89. The van der Waals surface area contributed by atoms with Gasteiger partial charge in [0.1, 0.15) is 12.9 Å². The van der Waals surface area contributed by atoms with Crippen molar-refractivity contribution < 1.29 is 9.53 Å². The number of rotatable bonds is 4. The smallest absolute Gasteiger partial charge is 0.244 e. The monoisotopic (exact) mass is 251 g/mol. The number of ether oxygens (including phenoxy) is 1. The van der Waals surface area contributed by atoms with E-state index in [2.05, 4.69) is 10.1 Å². The normalized spacial score (nSPS) is 15.6. The highest BCUT2D eigenvalue weighted by Gasteiger charge is 2.17. The van der Waals surface area contributed by atoms with Crippen LogP contribution >= 0.6 is 0 Å². The molecule has 0 atom stereocenters. The molecule has 0 bridgehead atoms. The molecule has 0 saturated carbocycles. The lowest BCUT2D eigenvalue weighted by molar-refractivity contribution is -0.131. The molecular formula is C11H17N5O2. The van der Waals surface area contributed by atoms with Crippen LogP contribution in [0.2, 0.25) is 0 Å². The lowest BCUT2D eigenvalue weighted by Crippen LogP contribution is -2.37. The van der Waals surface area contributed by atoms with Crippen LogP contribution in [0.4, 0.5) is 5.95 Å². The third-order valence-electron chi connectivity index (χ3n) is 2.84. The molecule has 18 heavy (non-hydrogen) atoms. The minimum absolute atomic E-state index is 0.0209. The van der Waals surface area contributed by atoms with Gasteiger partial charge >= 0.3 is 0 Å². The Labute approximate surface area is 105 Å². The van der Waals surface area contributed by atoms with Gasteiger partial charge in [0.15, 0.2) is 0 Å². The van der Waals surface area contributed by atoms with E-state index >= 15 is 0 Å². The zero-order valence-corrected chi connectivity index (χ0v) is 10.4. The standard InChI is InChI=1S/C11H17N5O2/c1-18-7-9-2-4-15(5-3-9)10(17)6-16-8-13-11(12)14-16/h2,8H,3-7H2,1H3,(H2,12,14). The Morgan fingerprint density at radius 3 is 3.00 bits per heavy atom. The van der Waals surface area contributed by atoms with Gasteiger partial charge in [-0.1, -0.05) is 6.08 Å². The second kappa shape index (κ2) is 5.63. The lowest BCUT2D eigenvalue weighted by Gasteiger charge is -2.26. The number of carbonyl (C=O) groups excluding carboxylic acids is 1. The summed E-state index contributed by atoms with van der Waals surface area (Å²) in [5.41, 5.74) is 6.64. The molecule has 0 fully saturated rings. The van der Waals surface area contributed by atoms with E-state index in [0.717, 1.165) is 13.0 Å². The first kappa shape index (κ1) is 12.6. The van der Waals surface area contributed by atoms with Gasteiger partial charge in [-0.3, -0.25) is 4.79 Å². The van der Waals surface area contributed by atoms with Crippen molar-refractivity contribution in [2.45, 2.75) is 13.0 Å². The van der Waals surface area contributed by atoms with Gasteiger partial charge in [-0.05, 0) is 12.0 Å². The third-order valence-corrected chi connectivity index (χ3v) is 2.84. The molecule has 0 radical (unpaired) electrons. The number of anilines is 1. The number of nitrogen functional groups attached to an aromatic ring is 1. The Hall–Kier alpha value is -1.89. The van der Waals surface area contributed by atoms with Crippen molar-refractivity contribution in [1.82, 2.24) is 19.7 Å². The van der Waals surface area contributed by atoms with E-state index in [9.17, 15) is 4.79 Å². The average molecular weight is 251 g/mol. The van der Waals surface area contributed by atoms with Crippen molar-refractivity contribution in [3.63, 3.8) is 0 Å². The van der Waals surface area contributed by atoms with Crippen LogP contribution in [0.3, 0.4) is 0 Å². The molecule has 2 heterocycles. The first-order valence-corrected chi connectivity index (χ1v) is 5.78. The van der Waals surface area contributed by atoms with Gasteiger partial charge in [-0.2, -0.15) is 0 Å². The molecule has 7 heteroatoms. The molecule has 2 rings (SSSR count). The number of aromatic nitrogens is 3. The zero-order valence-electron chi connectivity index (χ0n) is 10.4. The molecule has 0 spiro atoms. The second-order valence-electron chi connectivity index (χ2n) is 4.19. The molecule has 98 valence electrons. The predicted octanol–water partition coefficient (Wildman–Crippen LogP) is -0.335. The van der Waals surface area contributed by atoms with Gasteiger partial charge in [0, 0.05) is 20.2 Å². The summed E-state index contributed by atoms with van der Waals surface area (Å²) < 4.78 is 6.52. The second-order valence-corrected chi connectivity index (χ2v) is 4.19. The quantitative estimate of drug-likeness (QED) is 0.740. The highest BCUT2D eigenvalue weighted by Crippen LogP contribution is 2.11. The highest BCUT2D eigenvalue weighted by molar-refractivity contribution is 5.76. The summed E-state index contributed by atoms with van der Waals surface area (Å²) in [5.74, 6) is 0.205.